The summed E-state index contributed by atoms with van der Waals surface area (Å²) in [6.07, 6.45) is -22.4. The maximum atomic E-state index is 9.94. The Bertz CT molecular complexity index is 608. The minimum atomic E-state index is -1.79. The lowest BCUT2D eigenvalue weighted by atomic mass is 9.97. The molecule has 208 valence electrons. The van der Waals surface area contributed by atoms with Gasteiger partial charge in [-0.3, -0.25) is 0 Å². The third kappa shape index (κ3) is 8.01. The van der Waals surface area contributed by atoms with Gasteiger partial charge in [0.2, 0.25) is 0 Å². The fourth-order valence-electron chi connectivity index (χ4n) is 3.19. The average Bonchev–Trinajstić information content (AvgIpc) is 2.87. The zero-order valence-corrected chi connectivity index (χ0v) is 18.2. The monoisotopic (exact) mass is 522 g/mol. The summed E-state index contributed by atoms with van der Waals surface area (Å²) in [7, 11) is 0. The number of carbonyl (C=O) groups excluding carboxylic acids is 1. The summed E-state index contributed by atoms with van der Waals surface area (Å²) in [6.45, 7) is -2.11. The lowest BCUT2D eigenvalue weighted by molar-refractivity contribution is -0.355. The molecule has 17 heteroatoms. The van der Waals surface area contributed by atoms with E-state index in [2.05, 4.69) is 0 Å². The fraction of sp³-hybridized carbons (Fsp3) is 0.944. The third-order valence-electron chi connectivity index (χ3n) is 5.40. The third-order valence-corrected chi connectivity index (χ3v) is 5.40. The maximum Gasteiger partial charge on any atom is 0.187 e. The van der Waals surface area contributed by atoms with Crippen molar-refractivity contribution in [2.24, 2.45) is 0 Å². The van der Waals surface area contributed by atoms with Gasteiger partial charge in [0.15, 0.2) is 18.9 Å². The molecule has 17 nitrogen and oxygen atoms in total. The van der Waals surface area contributed by atoms with Crippen LogP contribution in [-0.2, 0) is 19.0 Å². The van der Waals surface area contributed by atoms with Crippen molar-refractivity contribution in [3.05, 3.63) is 0 Å². The molecule has 0 aliphatic carbocycles. The van der Waals surface area contributed by atoms with Crippen molar-refractivity contribution in [2.45, 2.75) is 85.8 Å². The smallest absolute Gasteiger partial charge is 0.187 e. The van der Waals surface area contributed by atoms with Crippen molar-refractivity contribution in [2.75, 3.05) is 19.8 Å². The van der Waals surface area contributed by atoms with E-state index < -0.39 is 106 Å². The number of hydrogen-bond donors (Lipinski definition) is 13. The van der Waals surface area contributed by atoms with E-state index in [0.717, 1.165) is 0 Å². The summed E-state index contributed by atoms with van der Waals surface area (Å²) in [5.41, 5.74) is 0. The van der Waals surface area contributed by atoms with Gasteiger partial charge in [-0.05, 0) is 0 Å². The summed E-state index contributed by atoms with van der Waals surface area (Å²) in [5, 5.41) is 120. The van der Waals surface area contributed by atoms with Gasteiger partial charge in [-0.1, -0.05) is 0 Å². The first kappa shape index (κ1) is 32.1. The second-order valence-electron chi connectivity index (χ2n) is 7.88. The quantitative estimate of drug-likeness (QED) is 0.125. The number of carbonyl (C=O) groups is 1. The van der Waals surface area contributed by atoms with Crippen LogP contribution in [0.1, 0.15) is 0 Å². The Morgan fingerprint density at radius 1 is 0.714 bits per heavy atom. The van der Waals surface area contributed by atoms with Gasteiger partial charge in [-0.2, -0.15) is 0 Å². The van der Waals surface area contributed by atoms with E-state index in [-0.39, 0.29) is 6.29 Å². The van der Waals surface area contributed by atoms with Crippen molar-refractivity contribution in [1.29, 1.82) is 0 Å². The molecule has 0 aromatic carbocycles. The molecule has 2 heterocycles. The molecule has 2 aliphatic rings. The van der Waals surface area contributed by atoms with Crippen LogP contribution in [-0.4, -0.2) is 178 Å². The highest BCUT2D eigenvalue weighted by Gasteiger charge is 2.50. The number of ether oxygens (including phenoxy) is 3. The highest BCUT2D eigenvalue weighted by molar-refractivity contribution is 5.56. The molecule has 14 atom stereocenters. The van der Waals surface area contributed by atoms with Crippen LogP contribution in [0.4, 0.5) is 0 Å². The van der Waals surface area contributed by atoms with Crippen LogP contribution in [0.3, 0.4) is 0 Å². The molecule has 2 aliphatic heterocycles. The van der Waals surface area contributed by atoms with Crippen molar-refractivity contribution in [1.82, 2.24) is 0 Å². The molecule has 0 aromatic rings. The topological polar surface area (TPSA) is 308 Å². The van der Waals surface area contributed by atoms with Crippen LogP contribution in [0.2, 0.25) is 0 Å². The summed E-state index contributed by atoms with van der Waals surface area (Å²) >= 11 is 0. The molecule has 0 bridgehead atoms. The summed E-state index contributed by atoms with van der Waals surface area (Å²) in [5.74, 6) is 0. The van der Waals surface area contributed by atoms with Gasteiger partial charge in [0.1, 0.15) is 73.2 Å². The summed E-state index contributed by atoms with van der Waals surface area (Å²) < 4.78 is 15.3. The van der Waals surface area contributed by atoms with Gasteiger partial charge < -0.3 is 85.4 Å². The van der Waals surface area contributed by atoms with Crippen molar-refractivity contribution < 1.29 is 85.4 Å². The van der Waals surface area contributed by atoms with E-state index in [9.17, 15) is 40.5 Å². The number of hydrogen-bond acceptors (Lipinski definition) is 17. The summed E-state index contributed by atoms with van der Waals surface area (Å²) in [4.78, 5) is 9.90. The molecule has 2 fully saturated rings. The first-order valence-corrected chi connectivity index (χ1v) is 10.4. The molecule has 0 saturated carbocycles. The van der Waals surface area contributed by atoms with E-state index in [0.29, 0.717) is 0 Å². The largest absolute Gasteiger partial charge is 0.394 e. The zero-order valence-electron chi connectivity index (χ0n) is 18.2. The van der Waals surface area contributed by atoms with Crippen molar-refractivity contribution in [3.8, 4) is 0 Å². The normalized spacial score (nSPS) is 41.2. The molecule has 2 rings (SSSR count). The second-order valence-corrected chi connectivity index (χ2v) is 7.88. The SMILES string of the molecule is O=C[C@H](O)[C@@H](O)[C@@H](O)[C@H](O)CO.OC[C@H]1O[C@@H](O[C@H]2[C@H](O)[C@@H](O)[C@H](O)O[C@@H]2CO)[C@H](O)[C@@H](O)[C@H]1O. The molecular weight excluding hydrogens is 488 g/mol. The highest BCUT2D eigenvalue weighted by atomic mass is 16.7. The van der Waals surface area contributed by atoms with Gasteiger partial charge in [0.25, 0.3) is 0 Å². The van der Waals surface area contributed by atoms with Crippen LogP contribution in [0.5, 0.6) is 0 Å². The van der Waals surface area contributed by atoms with Crippen LogP contribution in [0.15, 0.2) is 0 Å². The second kappa shape index (κ2) is 14.7. The lowest BCUT2D eigenvalue weighted by Gasteiger charge is -2.45. The van der Waals surface area contributed by atoms with Crippen molar-refractivity contribution >= 4 is 6.29 Å². The molecule has 13 N–H and O–H groups in total. The van der Waals surface area contributed by atoms with Gasteiger partial charge in [0.05, 0.1) is 19.8 Å². The van der Waals surface area contributed by atoms with Crippen LogP contribution < -0.4 is 0 Å². The number of rotatable bonds is 9. The Morgan fingerprint density at radius 3 is 1.77 bits per heavy atom. The Morgan fingerprint density at radius 2 is 1.29 bits per heavy atom. The fourth-order valence-corrected chi connectivity index (χ4v) is 3.19. The minimum Gasteiger partial charge on any atom is -0.394 e. The molecule has 0 spiro atoms. The lowest BCUT2D eigenvalue weighted by Crippen LogP contribution is -2.64. The molecule has 0 aromatic heterocycles. The van der Waals surface area contributed by atoms with Gasteiger partial charge in [-0.15, -0.1) is 0 Å². The van der Waals surface area contributed by atoms with E-state index in [1.165, 1.54) is 0 Å². The molecule has 0 unspecified atom stereocenters. The number of aldehydes is 1. The Hall–Kier alpha value is -0.970. The van der Waals surface area contributed by atoms with Crippen LogP contribution in [0, 0.1) is 0 Å². The first-order chi connectivity index (χ1) is 16.4. The molecular formula is C18H34O17. The molecule has 2 saturated heterocycles. The van der Waals surface area contributed by atoms with Crippen molar-refractivity contribution in [3.63, 3.8) is 0 Å². The van der Waals surface area contributed by atoms with Gasteiger partial charge in [-0.25, -0.2) is 0 Å². The predicted octanol–water partition coefficient (Wildman–Crippen LogP) is -8.78. The predicted molar refractivity (Wildman–Crippen MR) is 106 cm³/mol. The van der Waals surface area contributed by atoms with E-state index >= 15 is 0 Å². The van der Waals surface area contributed by atoms with Crippen LogP contribution in [0.25, 0.3) is 0 Å². The standard InChI is InChI=1S/C12H22O11.C6H12O6/c13-1-3-5(15)6(16)9(19)12(22-3)23-10-4(2-14)21-11(20)8(18)7(10)17;7-1-3(9)5(11)6(12)4(10)2-8/h3-20H,1-2H2;1,3-6,8-12H,2H2/t3-,4-,5+,6+,7-,8-,9-,10-,11-,12+;3-,4+,5+,6-/m10/s1. The average molecular weight is 522 g/mol. The van der Waals surface area contributed by atoms with E-state index in [1.54, 1.807) is 0 Å². The van der Waals surface area contributed by atoms with Gasteiger partial charge in [0, 0.05) is 0 Å². The maximum absolute atomic E-state index is 9.94. The minimum absolute atomic E-state index is 0.0258. The van der Waals surface area contributed by atoms with E-state index in [1.807, 2.05) is 0 Å². The number of aliphatic hydroxyl groups is 13. The Labute approximate surface area is 198 Å². The number of aliphatic hydroxyl groups excluding tert-OH is 13. The molecule has 0 amide bonds. The summed E-state index contributed by atoms with van der Waals surface area (Å²) in [6, 6.07) is 0. The first-order valence-electron chi connectivity index (χ1n) is 10.4. The van der Waals surface area contributed by atoms with E-state index in [4.69, 9.17) is 44.8 Å². The Kier molecular flexibility index (Phi) is 13.5. The van der Waals surface area contributed by atoms with Gasteiger partial charge >= 0.3 is 0 Å². The molecule has 35 heavy (non-hydrogen) atoms. The highest BCUT2D eigenvalue weighted by Crippen LogP contribution is 2.28. The zero-order chi connectivity index (χ0) is 27.0. The Balaban J connectivity index is 0.000000434. The van der Waals surface area contributed by atoms with Crippen LogP contribution >= 0.6 is 0 Å². The molecule has 0 radical (unpaired) electrons.